The number of hydrogen-bond acceptors (Lipinski definition) is 2. The summed E-state index contributed by atoms with van der Waals surface area (Å²) < 4.78 is 4.08. The van der Waals surface area contributed by atoms with Crippen LogP contribution in [0.1, 0.15) is 0 Å². The quantitative estimate of drug-likeness (QED) is 0.497. The molecule has 0 fully saturated rings. The lowest BCUT2D eigenvalue weighted by Crippen LogP contribution is -1.85. The summed E-state index contributed by atoms with van der Waals surface area (Å²) in [6.07, 6.45) is 14.1. The highest BCUT2D eigenvalue weighted by atomic mass is 32.2. The first kappa shape index (κ1) is 6.68. The molecule has 2 aliphatic rings. The van der Waals surface area contributed by atoms with E-state index in [2.05, 4.69) is 16.5 Å². The van der Waals surface area contributed by atoms with Crippen LogP contribution in [0.2, 0.25) is 0 Å². The van der Waals surface area contributed by atoms with Gasteiger partial charge in [0.05, 0.1) is 0 Å². The highest BCUT2D eigenvalue weighted by Crippen LogP contribution is 2.29. The second-order valence-corrected chi connectivity index (χ2v) is 3.08. The van der Waals surface area contributed by atoms with Crippen LogP contribution in [0, 0.1) is 0 Å². The minimum absolute atomic E-state index is 1.22. The van der Waals surface area contributed by atoms with E-state index in [1.54, 1.807) is 0 Å². The van der Waals surface area contributed by atoms with Crippen molar-refractivity contribution in [2.75, 3.05) is 0 Å². The van der Waals surface area contributed by atoms with Gasteiger partial charge < -0.3 is 0 Å². The van der Waals surface area contributed by atoms with Gasteiger partial charge in [0.1, 0.15) is 0 Å². The molecule has 54 valence electrons. The fourth-order valence-corrected chi connectivity index (χ4v) is 1.58. The van der Waals surface area contributed by atoms with Gasteiger partial charge in [0.2, 0.25) is 0 Å². The molecular formula is C9H7NS. The van der Waals surface area contributed by atoms with Crippen molar-refractivity contribution >= 4 is 18.2 Å². The summed E-state index contributed by atoms with van der Waals surface area (Å²) in [6.45, 7) is 0. The molecule has 0 aromatic rings. The molecule has 2 rings (SSSR count). The lowest BCUT2D eigenvalue weighted by atomic mass is 10.2. The molecule has 11 heavy (non-hydrogen) atoms. The monoisotopic (exact) mass is 161 g/mol. The molecule has 0 radical (unpaired) electrons. The molecule has 0 unspecified atom stereocenters. The van der Waals surface area contributed by atoms with Gasteiger partial charge in [-0.05, 0) is 17.7 Å². The molecular weight excluding hydrogens is 154 g/mol. The lowest BCUT2D eigenvalue weighted by molar-refractivity contribution is 1.66. The Bertz CT molecular complexity index is 306. The number of fused-ring (bicyclic) bond motifs is 1. The third-order valence-corrected chi connectivity index (χ3v) is 2.29. The minimum atomic E-state index is 1.22. The average Bonchev–Trinajstić information content (AvgIpc) is 2.28. The van der Waals surface area contributed by atoms with Crippen LogP contribution in [-0.4, -0.2) is 6.21 Å². The molecule has 0 saturated carbocycles. The van der Waals surface area contributed by atoms with Crippen molar-refractivity contribution in [2.45, 2.75) is 0 Å². The Morgan fingerprint density at radius 1 is 1.09 bits per heavy atom. The van der Waals surface area contributed by atoms with Crippen molar-refractivity contribution in [3.05, 3.63) is 46.9 Å². The maximum atomic E-state index is 4.08. The van der Waals surface area contributed by atoms with Gasteiger partial charge in [-0.15, -0.1) is 0 Å². The van der Waals surface area contributed by atoms with Crippen LogP contribution in [0.5, 0.6) is 0 Å². The highest BCUT2D eigenvalue weighted by Gasteiger charge is 2.04. The molecule has 0 saturated heterocycles. The molecule has 1 heterocycles. The predicted molar refractivity (Wildman–Crippen MR) is 50.5 cm³/mol. The molecule has 0 amide bonds. The molecule has 0 bridgehead atoms. The van der Waals surface area contributed by atoms with Crippen molar-refractivity contribution in [3.8, 4) is 0 Å². The summed E-state index contributed by atoms with van der Waals surface area (Å²) in [4.78, 5) is 1.22. The lowest BCUT2D eigenvalue weighted by Gasteiger charge is -2.05. The molecule has 0 atom stereocenters. The van der Waals surface area contributed by atoms with E-state index < -0.39 is 0 Å². The van der Waals surface area contributed by atoms with Crippen molar-refractivity contribution in [1.82, 2.24) is 0 Å². The normalized spacial score (nSPS) is 20.4. The fraction of sp³-hybridized carbons (Fsp3) is 0. The van der Waals surface area contributed by atoms with Gasteiger partial charge in [-0.1, -0.05) is 24.3 Å². The van der Waals surface area contributed by atoms with Gasteiger partial charge in [-0.3, -0.25) is 0 Å². The predicted octanol–water partition coefficient (Wildman–Crippen LogP) is 2.66. The topological polar surface area (TPSA) is 12.4 Å². The Kier molecular flexibility index (Phi) is 1.78. The Hall–Kier alpha value is -1.02. The first-order valence-electron chi connectivity index (χ1n) is 3.43. The second-order valence-electron chi connectivity index (χ2n) is 2.24. The van der Waals surface area contributed by atoms with Crippen LogP contribution >= 0.6 is 11.9 Å². The fourth-order valence-electron chi connectivity index (χ4n) is 0.963. The summed E-state index contributed by atoms with van der Waals surface area (Å²) in [5.41, 5.74) is 1.25. The van der Waals surface area contributed by atoms with E-state index in [4.69, 9.17) is 0 Å². The van der Waals surface area contributed by atoms with Crippen LogP contribution in [0.25, 0.3) is 0 Å². The number of allylic oxidation sites excluding steroid dienone is 7. The summed E-state index contributed by atoms with van der Waals surface area (Å²) in [6, 6.07) is 0. The van der Waals surface area contributed by atoms with E-state index in [-0.39, 0.29) is 0 Å². The molecule has 1 aliphatic heterocycles. The molecule has 1 aliphatic carbocycles. The molecule has 2 heteroatoms. The summed E-state index contributed by atoms with van der Waals surface area (Å²) in [7, 11) is 0. The van der Waals surface area contributed by atoms with E-state index in [1.807, 2.05) is 30.5 Å². The van der Waals surface area contributed by atoms with Gasteiger partial charge in [0, 0.05) is 23.1 Å². The van der Waals surface area contributed by atoms with Crippen LogP contribution in [0.4, 0.5) is 0 Å². The Morgan fingerprint density at radius 3 is 3.09 bits per heavy atom. The van der Waals surface area contributed by atoms with E-state index in [0.717, 1.165) is 0 Å². The summed E-state index contributed by atoms with van der Waals surface area (Å²) in [5.74, 6) is 0. The van der Waals surface area contributed by atoms with Gasteiger partial charge in [0.25, 0.3) is 0 Å². The Balaban J connectivity index is 2.44. The zero-order valence-electron chi connectivity index (χ0n) is 5.90. The van der Waals surface area contributed by atoms with E-state index in [1.165, 1.54) is 22.4 Å². The molecule has 0 spiro atoms. The zero-order valence-corrected chi connectivity index (χ0v) is 6.71. The maximum absolute atomic E-state index is 4.08. The smallest absolute Gasteiger partial charge is 0.0378 e. The number of rotatable bonds is 0. The SMILES string of the molecule is C1=CC=C2SN=CC=C2C=C1. The van der Waals surface area contributed by atoms with Crippen LogP contribution in [-0.2, 0) is 0 Å². The van der Waals surface area contributed by atoms with Crippen molar-refractivity contribution in [2.24, 2.45) is 4.40 Å². The number of nitrogens with zero attached hydrogens (tertiary/aromatic N) is 1. The Morgan fingerprint density at radius 2 is 2.09 bits per heavy atom. The van der Waals surface area contributed by atoms with Crippen LogP contribution in [0.15, 0.2) is 51.3 Å². The van der Waals surface area contributed by atoms with Gasteiger partial charge in [-0.25, -0.2) is 4.40 Å². The zero-order chi connectivity index (χ0) is 7.52. The first-order valence-corrected chi connectivity index (χ1v) is 4.20. The van der Waals surface area contributed by atoms with Crippen LogP contribution < -0.4 is 0 Å². The number of hydrogen-bond donors (Lipinski definition) is 0. The highest BCUT2D eigenvalue weighted by molar-refractivity contribution is 8.02. The van der Waals surface area contributed by atoms with Crippen molar-refractivity contribution < 1.29 is 0 Å². The van der Waals surface area contributed by atoms with Crippen molar-refractivity contribution in [3.63, 3.8) is 0 Å². The largest absolute Gasteiger partial charge is 0.219 e. The molecule has 0 aromatic carbocycles. The van der Waals surface area contributed by atoms with Crippen LogP contribution in [0.3, 0.4) is 0 Å². The van der Waals surface area contributed by atoms with E-state index in [9.17, 15) is 0 Å². The third-order valence-electron chi connectivity index (χ3n) is 1.50. The summed E-state index contributed by atoms with van der Waals surface area (Å²) in [5, 5.41) is 0. The minimum Gasteiger partial charge on any atom is -0.219 e. The standard InChI is InChI=1S/C9H7NS/c1-2-4-8-6-7-10-11-9(8)5-3-1/h1-7H. The average molecular weight is 161 g/mol. The first-order chi connectivity index (χ1) is 5.47. The van der Waals surface area contributed by atoms with Gasteiger partial charge in [-0.2, -0.15) is 0 Å². The molecule has 0 N–H and O–H groups in total. The summed E-state index contributed by atoms with van der Waals surface area (Å²) >= 11 is 1.52. The van der Waals surface area contributed by atoms with Gasteiger partial charge >= 0.3 is 0 Å². The van der Waals surface area contributed by atoms with Gasteiger partial charge in [0.15, 0.2) is 0 Å². The third kappa shape index (κ3) is 1.35. The second kappa shape index (κ2) is 2.93. The maximum Gasteiger partial charge on any atom is 0.0378 e. The molecule has 0 aromatic heterocycles. The van der Waals surface area contributed by atoms with Crippen molar-refractivity contribution in [1.29, 1.82) is 0 Å². The Labute approximate surface area is 70.0 Å². The van der Waals surface area contributed by atoms with E-state index >= 15 is 0 Å². The van der Waals surface area contributed by atoms with E-state index in [0.29, 0.717) is 0 Å². The molecule has 1 nitrogen and oxygen atoms in total.